The third-order valence-corrected chi connectivity index (χ3v) is 4.40. The highest BCUT2D eigenvalue weighted by atomic mass is 32.2. The molecule has 0 aromatic carbocycles. The van der Waals surface area contributed by atoms with Crippen molar-refractivity contribution in [1.29, 1.82) is 0 Å². The normalized spacial score (nSPS) is 24.7. The first kappa shape index (κ1) is 14.3. The summed E-state index contributed by atoms with van der Waals surface area (Å²) in [6, 6.07) is 5.90. The monoisotopic (exact) mass is 280 g/mol. The second-order valence-electron chi connectivity index (χ2n) is 4.94. The number of nitrogens with one attached hydrogen (secondary N) is 1. The van der Waals surface area contributed by atoms with Crippen molar-refractivity contribution in [2.45, 2.75) is 55.0 Å². The summed E-state index contributed by atoms with van der Waals surface area (Å²) in [6.45, 7) is 1.90. The summed E-state index contributed by atoms with van der Waals surface area (Å²) >= 11 is 1.47. The minimum absolute atomic E-state index is 0.0528. The van der Waals surface area contributed by atoms with Crippen LogP contribution in [0.25, 0.3) is 0 Å². The number of amides is 1. The number of aliphatic hydroxyl groups is 1. The van der Waals surface area contributed by atoms with Gasteiger partial charge in [-0.3, -0.25) is 4.79 Å². The molecule has 1 heterocycles. The zero-order valence-electron chi connectivity index (χ0n) is 11.1. The molecule has 1 saturated carbocycles. The molecular formula is C14H20N2O2S. The maximum atomic E-state index is 12.1. The number of nitrogens with zero attached hydrogens (tertiary/aromatic N) is 1. The van der Waals surface area contributed by atoms with Gasteiger partial charge in [0.1, 0.15) is 0 Å². The Morgan fingerprint density at radius 1 is 1.42 bits per heavy atom. The molecule has 0 radical (unpaired) electrons. The van der Waals surface area contributed by atoms with Crippen LogP contribution in [-0.2, 0) is 4.79 Å². The van der Waals surface area contributed by atoms with Crippen molar-refractivity contribution >= 4 is 17.7 Å². The number of thioether (sulfide) groups is 1. The molecule has 104 valence electrons. The lowest BCUT2D eigenvalue weighted by atomic mass is 9.93. The van der Waals surface area contributed by atoms with Crippen LogP contribution in [0.15, 0.2) is 29.4 Å². The molecule has 19 heavy (non-hydrogen) atoms. The Morgan fingerprint density at radius 2 is 2.16 bits per heavy atom. The van der Waals surface area contributed by atoms with Crippen LogP contribution < -0.4 is 5.32 Å². The molecule has 2 rings (SSSR count). The lowest BCUT2D eigenvalue weighted by molar-refractivity contribution is -0.121. The van der Waals surface area contributed by atoms with Gasteiger partial charge in [-0.05, 0) is 44.7 Å². The molecule has 0 spiro atoms. The average Bonchev–Trinajstić information content (AvgIpc) is 2.42. The number of aliphatic hydroxyl groups excluding tert-OH is 1. The summed E-state index contributed by atoms with van der Waals surface area (Å²) in [6.07, 6.45) is 4.85. The van der Waals surface area contributed by atoms with Gasteiger partial charge >= 0.3 is 0 Å². The number of carbonyl (C=O) groups is 1. The van der Waals surface area contributed by atoms with E-state index >= 15 is 0 Å². The Morgan fingerprint density at radius 3 is 2.79 bits per heavy atom. The fraction of sp³-hybridized carbons (Fsp3) is 0.571. The van der Waals surface area contributed by atoms with Gasteiger partial charge in [-0.1, -0.05) is 17.8 Å². The molecule has 4 nitrogen and oxygen atoms in total. The first-order chi connectivity index (χ1) is 9.15. The van der Waals surface area contributed by atoms with E-state index in [0.29, 0.717) is 0 Å². The number of aromatic nitrogens is 1. The van der Waals surface area contributed by atoms with Crippen molar-refractivity contribution in [3.63, 3.8) is 0 Å². The summed E-state index contributed by atoms with van der Waals surface area (Å²) in [5.74, 6) is 0.0528. The lowest BCUT2D eigenvalue weighted by Crippen LogP contribution is -2.41. The number of rotatable bonds is 4. The van der Waals surface area contributed by atoms with Crippen LogP contribution in [0.4, 0.5) is 0 Å². The van der Waals surface area contributed by atoms with Gasteiger partial charge in [0.15, 0.2) is 0 Å². The second kappa shape index (κ2) is 6.91. The highest BCUT2D eigenvalue weighted by Gasteiger charge is 2.23. The van der Waals surface area contributed by atoms with Crippen molar-refractivity contribution in [2.24, 2.45) is 0 Å². The van der Waals surface area contributed by atoms with Crippen LogP contribution in [0.2, 0.25) is 0 Å². The van der Waals surface area contributed by atoms with E-state index in [1.54, 1.807) is 6.20 Å². The quantitative estimate of drug-likeness (QED) is 0.828. The minimum Gasteiger partial charge on any atom is -0.393 e. The number of hydrogen-bond donors (Lipinski definition) is 2. The van der Waals surface area contributed by atoms with Crippen LogP contribution in [0, 0.1) is 0 Å². The summed E-state index contributed by atoms with van der Waals surface area (Å²) in [4.78, 5) is 16.3. The summed E-state index contributed by atoms with van der Waals surface area (Å²) in [5, 5.41) is 13.2. The predicted molar refractivity (Wildman–Crippen MR) is 76.0 cm³/mol. The molecule has 1 fully saturated rings. The molecule has 1 aromatic heterocycles. The first-order valence-corrected chi connectivity index (χ1v) is 7.59. The standard InChI is InChI=1S/C14H20N2O2S/c1-10(19-13-4-2-3-9-15-13)14(18)16-11-5-7-12(17)8-6-11/h2-4,9-12,17H,5-8H2,1H3,(H,16,18). The van der Waals surface area contributed by atoms with Gasteiger partial charge in [0.2, 0.25) is 5.91 Å². The van der Waals surface area contributed by atoms with E-state index in [-0.39, 0.29) is 23.3 Å². The van der Waals surface area contributed by atoms with Crippen LogP contribution in [0.5, 0.6) is 0 Å². The average molecular weight is 280 g/mol. The SMILES string of the molecule is CC(Sc1ccccn1)C(=O)NC1CCC(O)CC1. The highest BCUT2D eigenvalue weighted by molar-refractivity contribution is 8.00. The zero-order chi connectivity index (χ0) is 13.7. The largest absolute Gasteiger partial charge is 0.393 e. The molecule has 0 aliphatic heterocycles. The minimum atomic E-state index is -0.187. The Balaban J connectivity index is 1.79. The smallest absolute Gasteiger partial charge is 0.233 e. The Kier molecular flexibility index (Phi) is 5.22. The van der Waals surface area contributed by atoms with Gasteiger partial charge in [-0.2, -0.15) is 0 Å². The van der Waals surface area contributed by atoms with E-state index in [1.807, 2.05) is 25.1 Å². The maximum absolute atomic E-state index is 12.1. The molecule has 1 atom stereocenters. The predicted octanol–water partition coefficient (Wildman–Crippen LogP) is 1.98. The van der Waals surface area contributed by atoms with Gasteiger partial charge in [0.05, 0.1) is 16.4 Å². The van der Waals surface area contributed by atoms with Crippen molar-refractivity contribution < 1.29 is 9.90 Å². The Bertz CT molecular complexity index is 405. The van der Waals surface area contributed by atoms with E-state index in [1.165, 1.54) is 11.8 Å². The van der Waals surface area contributed by atoms with Gasteiger partial charge in [-0.25, -0.2) is 4.98 Å². The van der Waals surface area contributed by atoms with Crippen LogP contribution in [-0.4, -0.2) is 33.4 Å². The first-order valence-electron chi connectivity index (χ1n) is 6.71. The van der Waals surface area contributed by atoms with Gasteiger partial charge < -0.3 is 10.4 Å². The highest BCUT2D eigenvalue weighted by Crippen LogP contribution is 2.22. The van der Waals surface area contributed by atoms with E-state index < -0.39 is 0 Å². The molecule has 0 saturated heterocycles. The van der Waals surface area contributed by atoms with Crippen LogP contribution >= 0.6 is 11.8 Å². The zero-order valence-corrected chi connectivity index (χ0v) is 11.9. The molecule has 5 heteroatoms. The molecule has 1 aliphatic carbocycles. The van der Waals surface area contributed by atoms with E-state index in [4.69, 9.17) is 0 Å². The topological polar surface area (TPSA) is 62.2 Å². The third kappa shape index (κ3) is 4.51. The van der Waals surface area contributed by atoms with Crippen LogP contribution in [0.3, 0.4) is 0 Å². The Hall–Kier alpha value is -1.07. The molecule has 1 aliphatic rings. The van der Waals surface area contributed by atoms with Crippen molar-refractivity contribution in [2.75, 3.05) is 0 Å². The lowest BCUT2D eigenvalue weighted by Gasteiger charge is -2.27. The third-order valence-electron chi connectivity index (χ3n) is 3.35. The summed E-state index contributed by atoms with van der Waals surface area (Å²) < 4.78 is 0. The second-order valence-corrected chi connectivity index (χ2v) is 6.30. The van der Waals surface area contributed by atoms with Crippen molar-refractivity contribution in [3.8, 4) is 0 Å². The molecule has 1 unspecified atom stereocenters. The van der Waals surface area contributed by atoms with E-state index in [0.717, 1.165) is 30.7 Å². The molecule has 0 bridgehead atoms. The fourth-order valence-electron chi connectivity index (χ4n) is 2.19. The molecule has 1 aromatic rings. The van der Waals surface area contributed by atoms with Crippen LogP contribution in [0.1, 0.15) is 32.6 Å². The van der Waals surface area contributed by atoms with E-state index in [2.05, 4.69) is 10.3 Å². The molecule has 2 N–H and O–H groups in total. The van der Waals surface area contributed by atoms with Gasteiger partial charge in [-0.15, -0.1) is 0 Å². The van der Waals surface area contributed by atoms with E-state index in [9.17, 15) is 9.90 Å². The number of hydrogen-bond acceptors (Lipinski definition) is 4. The molecular weight excluding hydrogens is 260 g/mol. The van der Waals surface area contributed by atoms with Gasteiger partial charge in [0.25, 0.3) is 0 Å². The molecule has 1 amide bonds. The summed E-state index contributed by atoms with van der Waals surface area (Å²) in [7, 11) is 0. The maximum Gasteiger partial charge on any atom is 0.233 e. The fourth-order valence-corrected chi connectivity index (χ4v) is 3.01. The number of pyridine rings is 1. The van der Waals surface area contributed by atoms with Crippen molar-refractivity contribution in [1.82, 2.24) is 10.3 Å². The number of carbonyl (C=O) groups excluding carboxylic acids is 1. The summed E-state index contributed by atoms with van der Waals surface area (Å²) in [5.41, 5.74) is 0. The van der Waals surface area contributed by atoms with Crippen molar-refractivity contribution in [3.05, 3.63) is 24.4 Å². The van der Waals surface area contributed by atoms with Gasteiger partial charge in [0, 0.05) is 12.2 Å². The Labute approximate surface area is 118 Å².